The Morgan fingerprint density at radius 2 is 1.56 bits per heavy atom. The number of aryl methyl sites for hydroxylation is 2. The number of hydrogen-bond donors (Lipinski definition) is 2. The van der Waals surface area contributed by atoms with Crippen molar-refractivity contribution in [3.63, 3.8) is 0 Å². The molecule has 2 N–H and O–H groups in total. The second kappa shape index (κ2) is 15.7. The van der Waals surface area contributed by atoms with Gasteiger partial charge in [-0.15, -0.1) is 0 Å². The summed E-state index contributed by atoms with van der Waals surface area (Å²) in [4.78, 5) is 31.2. The molecule has 0 bridgehead atoms. The standard InChI is InChI=1S/C35H40F8N4O4S/c1-22-17-25(30(49)46-12-8-31(3,50)9-13-46)18-23(2)26(22)7-16-52-47-14-10-32(20-48,11-15-47)45-29(44-4)24-5-6-27(34(38,39)40)28(19-24)51-21-33(36,37)35(41,42)43/h5-7,16-20,50H,8-15,21H2,1-4H3,(H,44,45)/b16-7+. The molecule has 0 saturated carbocycles. The van der Waals surface area contributed by atoms with Crippen LogP contribution in [0.2, 0.25) is 0 Å². The first-order valence-corrected chi connectivity index (χ1v) is 17.2. The van der Waals surface area contributed by atoms with Crippen molar-refractivity contribution in [3.05, 3.63) is 69.1 Å². The lowest BCUT2D eigenvalue weighted by molar-refractivity contribution is -0.290. The smallest absolute Gasteiger partial charge is 0.456 e. The molecule has 0 unspecified atom stereocenters. The third-order valence-electron chi connectivity index (χ3n) is 9.23. The van der Waals surface area contributed by atoms with E-state index in [1.54, 1.807) is 11.8 Å². The summed E-state index contributed by atoms with van der Waals surface area (Å²) in [5.74, 6) is -6.83. The van der Waals surface area contributed by atoms with E-state index in [0.29, 0.717) is 63.0 Å². The summed E-state index contributed by atoms with van der Waals surface area (Å²) >= 11 is 1.41. The lowest BCUT2D eigenvalue weighted by Crippen LogP contribution is -2.55. The number of ether oxygens (including phenoxy) is 1. The summed E-state index contributed by atoms with van der Waals surface area (Å²) < 4.78 is 112. The third-order valence-corrected chi connectivity index (χ3v) is 10.1. The molecule has 2 aliphatic heterocycles. The fraction of sp³-hybridized carbons (Fsp3) is 0.514. The minimum absolute atomic E-state index is 0.0823. The Labute approximate surface area is 300 Å². The number of likely N-dealkylation sites (tertiary alicyclic amines) is 1. The van der Waals surface area contributed by atoms with Gasteiger partial charge in [-0.1, -0.05) is 18.0 Å². The summed E-state index contributed by atoms with van der Waals surface area (Å²) in [6, 6.07) is 5.77. The molecule has 1 amide bonds. The van der Waals surface area contributed by atoms with Gasteiger partial charge in [0.1, 0.15) is 17.9 Å². The Bertz CT molecular complexity index is 1650. The van der Waals surface area contributed by atoms with Gasteiger partial charge in [0, 0.05) is 44.4 Å². The van der Waals surface area contributed by atoms with Gasteiger partial charge >= 0.3 is 18.3 Å². The molecule has 0 aliphatic carbocycles. The summed E-state index contributed by atoms with van der Waals surface area (Å²) in [6.45, 7) is 4.99. The number of amidine groups is 1. The van der Waals surface area contributed by atoms with Gasteiger partial charge in [-0.3, -0.25) is 9.79 Å². The third kappa shape index (κ3) is 9.83. The van der Waals surface area contributed by atoms with Crippen LogP contribution in [-0.4, -0.2) is 95.4 Å². The number of carbonyl (C=O) groups excluding carboxylic acids is 2. The van der Waals surface area contributed by atoms with E-state index in [1.165, 1.54) is 19.0 Å². The summed E-state index contributed by atoms with van der Waals surface area (Å²) in [6.07, 6.45) is -7.05. The molecule has 2 aromatic carbocycles. The Hall–Kier alpha value is -3.70. The minimum Gasteiger partial charge on any atom is -0.486 e. The zero-order chi connectivity index (χ0) is 38.7. The first-order valence-electron chi connectivity index (χ1n) is 16.3. The number of aliphatic imine (C=N–C) groups is 1. The van der Waals surface area contributed by atoms with Crippen LogP contribution in [0.25, 0.3) is 6.08 Å². The highest BCUT2D eigenvalue weighted by atomic mass is 32.2. The maximum absolute atomic E-state index is 13.6. The van der Waals surface area contributed by atoms with Crippen molar-refractivity contribution >= 4 is 36.1 Å². The van der Waals surface area contributed by atoms with E-state index in [0.717, 1.165) is 22.8 Å². The minimum atomic E-state index is -6.04. The molecule has 0 spiro atoms. The van der Waals surface area contributed by atoms with Gasteiger partial charge in [0.15, 0.2) is 6.61 Å². The van der Waals surface area contributed by atoms with Crippen LogP contribution in [-0.2, 0) is 11.0 Å². The largest absolute Gasteiger partial charge is 0.486 e. The van der Waals surface area contributed by atoms with E-state index in [-0.39, 0.29) is 30.1 Å². The highest BCUT2D eigenvalue weighted by Gasteiger charge is 2.58. The van der Waals surface area contributed by atoms with E-state index in [1.807, 2.05) is 41.8 Å². The molecule has 2 aliphatic rings. The number of nitrogens with one attached hydrogen (secondary N) is 1. The Morgan fingerprint density at radius 1 is 0.962 bits per heavy atom. The predicted octanol–water partition coefficient (Wildman–Crippen LogP) is 7.20. The van der Waals surface area contributed by atoms with Crippen molar-refractivity contribution in [2.75, 3.05) is 39.8 Å². The fourth-order valence-electron chi connectivity index (χ4n) is 5.95. The van der Waals surface area contributed by atoms with Crippen LogP contribution in [0.3, 0.4) is 0 Å². The van der Waals surface area contributed by atoms with Gasteiger partial charge in [-0.2, -0.15) is 35.1 Å². The summed E-state index contributed by atoms with van der Waals surface area (Å²) in [5.41, 5.74) is -0.321. The summed E-state index contributed by atoms with van der Waals surface area (Å²) in [7, 11) is 1.28. The number of rotatable bonds is 10. The first-order chi connectivity index (χ1) is 24.1. The second-order valence-electron chi connectivity index (χ2n) is 13.3. The van der Waals surface area contributed by atoms with Crippen molar-refractivity contribution < 1.29 is 54.6 Å². The Kier molecular flexibility index (Phi) is 12.4. The van der Waals surface area contributed by atoms with Crippen LogP contribution in [0, 0.1) is 13.8 Å². The van der Waals surface area contributed by atoms with Crippen LogP contribution in [0.4, 0.5) is 35.1 Å². The highest BCUT2D eigenvalue weighted by molar-refractivity contribution is 8.00. The van der Waals surface area contributed by atoms with Crippen LogP contribution >= 0.6 is 11.9 Å². The zero-order valence-electron chi connectivity index (χ0n) is 28.9. The van der Waals surface area contributed by atoms with E-state index < -0.39 is 47.3 Å². The second-order valence-corrected chi connectivity index (χ2v) is 14.3. The molecule has 0 atom stereocenters. The maximum atomic E-state index is 13.6. The van der Waals surface area contributed by atoms with Crippen molar-refractivity contribution in [1.29, 1.82) is 0 Å². The van der Waals surface area contributed by atoms with Crippen molar-refractivity contribution in [3.8, 4) is 5.75 Å². The molecule has 2 fully saturated rings. The lowest BCUT2D eigenvalue weighted by Gasteiger charge is -2.38. The van der Waals surface area contributed by atoms with Gasteiger partial charge in [0.2, 0.25) is 0 Å². The van der Waals surface area contributed by atoms with Crippen molar-refractivity contribution in [2.45, 2.75) is 75.9 Å². The molecule has 2 saturated heterocycles. The number of aliphatic hydroxyl groups is 1. The molecule has 2 heterocycles. The van der Waals surface area contributed by atoms with E-state index >= 15 is 0 Å². The SMILES string of the molecule is CN=C(NC1(C=O)CCN(S/C=C/c2c(C)cc(C(=O)N3CCC(C)(O)CC3)cc2C)CC1)c1ccc(C(F)(F)F)c(OCC(F)(F)C(F)(F)F)c1. The Balaban J connectivity index is 1.40. The van der Waals surface area contributed by atoms with Gasteiger partial charge in [0.25, 0.3) is 5.91 Å². The average molecular weight is 765 g/mol. The summed E-state index contributed by atoms with van der Waals surface area (Å²) in [5, 5.41) is 15.0. The van der Waals surface area contributed by atoms with E-state index in [4.69, 9.17) is 0 Å². The molecule has 17 heteroatoms. The van der Waals surface area contributed by atoms with Crippen LogP contribution < -0.4 is 10.1 Å². The van der Waals surface area contributed by atoms with E-state index in [2.05, 4.69) is 15.0 Å². The molecular weight excluding hydrogens is 724 g/mol. The number of piperidine rings is 2. The topological polar surface area (TPSA) is 94.5 Å². The van der Waals surface area contributed by atoms with Crippen LogP contribution in [0.1, 0.15) is 70.8 Å². The molecule has 4 rings (SSSR count). The van der Waals surface area contributed by atoms with E-state index in [9.17, 15) is 49.8 Å². The normalized spacial score (nSPS) is 18.8. The van der Waals surface area contributed by atoms with Gasteiger partial charge in [0.05, 0.1) is 16.7 Å². The number of halogens is 8. The first kappa shape index (κ1) is 41.1. The monoisotopic (exact) mass is 764 g/mol. The fourth-order valence-corrected chi connectivity index (χ4v) is 6.71. The Morgan fingerprint density at radius 3 is 2.08 bits per heavy atom. The molecule has 286 valence electrons. The van der Waals surface area contributed by atoms with Crippen molar-refractivity contribution in [2.24, 2.45) is 4.99 Å². The molecule has 0 radical (unpaired) electrons. The number of aldehydes is 1. The number of hydrogen-bond acceptors (Lipinski definition) is 7. The molecule has 8 nitrogen and oxygen atoms in total. The van der Waals surface area contributed by atoms with Gasteiger partial charge < -0.3 is 24.9 Å². The predicted molar refractivity (Wildman–Crippen MR) is 181 cm³/mol. The maximum Gasteiger partial charge on any atom is 0.456 e. The number of nitrogens with zero attached hydrogens (tertiary/aromatic N) is 3. The average Bonchev–Trinajstić information content (AvgIpc) is 3.06. The number of carbonyl (C=O) groups is 2. The number of amides is 1. The number of alkyl halides is 8. The molecule has 0 aromatic heterocycles. The molecule has 2 aromatic rings. The molecular formula is C35H40F8N4O4S. The zero-order valence-corrected chi connectivity index (χ0v) is 29.7. The highest BCUT2D eigenvalue weighted by Crippen LogP contribution is 2.40. The van der Waals surface area contributed by atoms with Gasteiger partial charge in [-0.05, 0) is 98.9 Å². The van der Waals surface area contributed by atoms with Crippen LogP contribution in [0.15, 0.2) is 40.7 Å². The number of benzene rings is 2. The van der Waals surface area contributed by atoms with Crippen molar-refractivity contribution in [1.82, 2.24) is 14.5 Å². The lowest BCUT2D eigenvalue weighted by atomic mass is 9.89. The van der Waals surface area contributed by atoms with Gasteiger partial charge in [-0.25, -0.2) is 4.31 Å². The van der Waals surface area contributed by atoms with Crippen LogP contribution in [0.5, 0.6) is 5.75 Å². The molecule has 52 heavy (non-hydrogen) atoms. The quantitative estimate of drug-likeness (QED) is 0.0870.